The average molecular weight is 407 g/mol. The average Bonchev–Trinajstić information content (AvgIpc) is 3.19. The van der Waals surface area contributed by atoms with E-state index in [2.05, 4.69) is 27.0 Å². The summed E-state index contributed by atoms with van der Waals surface area (Å²) in [6.07, 6.45) is 4.52. The fourth-order valence-corrected chi connectivity index (χ4v) is 4.07. The lowest BCUT2D eigenvalue weighted by Crippen LogP contribution is -2.42. The molecule has 7 heteroatoms. The molecule has 0 bridgehead atoms. The SMILES string of the molecule is CCNC(=NCC(O)COc1ccc(F)cc1)N1CCC(CN2CCCCC2)C1. The first kappa shape index (κ1) is 21.8. The number of likely N-dealkylation sites (tertiary alicyclic amines) is 2. The van der Waals surface area contributed by atoms with Gasteiger partial charge in [-0.05, 0) is 69.5 Å². The minimum Gasteiger partial charge on any atom is -0.491 e. The summed E-state index contributed by atoms with van der Waals surface area (Å²) in [5.74, 6) is 1.79. The van der Waals surface area contributed by atoms with Crippen LogP contribution in [0.1, 0.15) is 32.6 Å². The molecule has 162 valence electrons. The van der Waals surface area contributed by atoms with Crippen molar-refractivity contribution in [2.75, 3.05) is 52.4 Å². The lowest BCUT2D eigenvalue weighted by Gasteiger charge is -2.29. The van der Waals surface area contributed by atoms with E-state index in [1.54, 1.807) is 12.1 Å². The van der Waals surface area contributed by atoms with Crippen LogP contribution in [0.4, 0.5) is 4.39 Å². The van der Waals surface area contributed by atoms with E-state index < -0.39 is 6.10 Å². The molecule has 2 unspecified atom stereocenters. The number of hydrogen-bond acceptors (Lipinski definition) is 4. The molecule has 2 atom stereocenters. The van der Waals surface area contributed by atoms with Crippen LogP contribution in [0.5, 0.6) is 5.75 Å². The van der Waals surface area contributed by atoms with E-state index >= 15 is 0 Å². The summed E-state index contributed by atoms with van der Waals surface area (Å²) in [4.78, 5) is 9.55. The van der Waals surface area contributed by atoms with Crippen molar-refractivity contribution in [1.82, 2.24) is 15.1 Å². The minimum atomic E-state index is -0.708. The van der Waals surface area contributed by atoms with Crippen molar-refractivity contribution in [1.29, 1.82) is 0 Å². The summed E-state index contributed by atoms with van der Waals surface area (Å²) >= 11 is 0. The Morgan fingerprint density at radius 2 is 2.00 bits per heavy atom. The van der Waals surface area contributed by atoms with Crippen LogP contribution in [-0.2, 0) is 0 Å². The lowest BCUT2D eigenvalue weighted by atomic mass is 10.1. The number of hydrogen-bond donors (Lipinski definition) is 2. The Hall–Kier alpha value is -1.86. The second-order valence-corrected chi connectivity index (χ2v) is 8.08. The molecule has 2 aliphatic rings. The third kappa shape index (κ3) is 7.16. The van der Waals surface area contributed by atoms with Gasteiger partial charge in [-0.2, -0.15) is 0 Å². The number of aliphatic hydroxyl groups excluding tert-OH is 1. The summed E-state index contributed by atoms with van der Waals surface area (Å²) in [7, 11) is 0. The highest BCUT2D eigenvalue weighted by Gasteiger charge is 2.27. The molecule has 1 aromatic carbocycles. The van der Waals surface area contributed by atoms with E-state index in [-0.39, 0.29) is 19.0 Å². The van der Waals surface area contributed by atoms with Gasteiger partial charge in [0.2, 0.25) is 0 Å². The zero-order chi connectivity index (χ0) is 20.5. The van der Waals surface area contributed by atoms with Gasteiger partial charge in [0.15, 0.2) is 5.96 Å². The molecule has 2 saturated heterocycles. The Morgan fingerprint density at radius 3 is 2.72 bits per heavy atom. The first-order valence-electron chi connectivity index (χ1n) is 11.0. The Balaban J connectivity index is 1.45. The third-order valence-corrected chi connectivity index (χ3v) is 5.59. The third-order valence-electron chi connectivity index (χ3n) is 5.59. The number of rotatable bonds is 8. The topological polar surface area (TPSA) is 60.3 Å². The molecule has 2 heterocycles. The fraction of sp³-hybridized carbons (Fsp3) is 0.682. The van der Waals surface area contributed by atoms with Crippen LogP contribution in [0, 0.1) is 11.7 Å². The molecule has 0 amide bonds. The normalized spacial score (nSPS) is 22.0. The van der Waals surface area contributed by atoms with E-state index in [0.717, 1.165) is 25.6 Å². The number of piperidine rings is 1. The van der Waals surface area contributed by atoms with Crippen molar-refractivity contribution in [3.05, 3.63) is 30.1 Å². The van der Waals surface area contributed by atoms with Crippen LogP contribution in [-0.4, -0.2) is 79.4 Å². The molecule has 0 saturated carbocycles. The van der Waals surface area contributed by atoms with E-state index in [1.165, 1.54) is 57.5 Å². The van der Waals surface area contributed by atoms with Gasteiger partial charge in [-0.3, -0.25) is 4.99 Å². The molecule has 0 aromatic heterocycles. The largest absolute Gasteiger partial charge is 0.491 e. The summed E-state index contributed by atoms with van der Waals surface area (Å²) < 4.78 is 18.5. The zero-order valence-electron chi connectivity index (χ0n) is 17.5. The maximum Gasteiger partial charge on any atom is 0.194 e. The van der Waals surface area contributed by atoms with Gasteiger partial charge < -0.3 is 25.0 Å². The van der Waals surface area contributed by atoms with Gasteiger partial charge in [0.1, 0.15) is 24.3 Å². The Labute approximate surface area is 173 Å². The number of nitrogens with one attached hydrogen (secondary N) is 1. The van der Waals surface area contributed by atoms with E-state index in [4.69, 9.17) is 4.74 Å². The molecule has 2 aliphatic heterocycles. The highest BCUT2D eigenvalue weighted by Crippen LogP contribution is 2.20. The summed E-state index contributed by atoms with van der Waals surface area (Å²) in [6.45, 7) is 8.96. The molecule has 0 radical (unpaired) electrons. The number of ether oxygens (including phenoxy) is 1. The molecule has 0 spiro atoms. The lowest BCUT2D eigenvalue weighted by molar-refractivity contribution is 0.114. The smallest absolute Gasteiger partial charge is 0.194 e. The Morgan fingerprint density at radius 1 is 1.24 bits per heavy atom. The van der Waals surface area contributed by atoms with Crippen LogP contribution < -0.4 is 10.1 Å². The Kier molecular flexibility index (Phi) is 8.55. The highest BCUT2D eigenvalue weighted by atomic mass is 19.1. The number of guanidine groups is 1. The van der Waals surface area contributed by atoms with Gasteiger partial charge >= 0.3 is 0 Å². The van der Waals surface area contributed by atoms with Gasteiger partial charge in [0.25, 0.3) is 0 Å². The van der Waals surface area contributed by atoms with Gasteiger partial charge in [-0.1, -0.05) is 6.42 Å². The monoisotopic (exact) mass is 406 g/mol. The Bertz CT molecular complexity index is 634. The quantitative estimate of drug-likeness (QED) is 0.513. The maximum atomic E-state index is 12.9. The predicted octanol–water partition coefficient (Wildman–Crippen LogP) is 2.34. The minimum absolute atomic E-state index is 0.131. The number of benzene rings is 1. The predicted molar refractivity (Wildman–Crippen MR) is 114 cm³/mol. The number of halogens is 1. The second kappa shape index (κ2) is 11.4. The first-order valence-corrected chi connectivity index (χ1v) is 11.0. The number of aliphatic imine (C=N–C) groups is 1. The van der Waals surface area contributed by atoms with Crippen molar-refractivity contribution in [3.63, 3.8) is 0 Å². The summed E-state index contributed by atoms with van der Waals surface area (Å²) in [6, 6.07) is 5.80. The molecule has 0 aliphatic carbocycles. The number of nitrogens with zero attached hydrogens (tertiary/aromatic N) is 3. The molecule has 2 N–H and O–H groups in total. The van der Waals surface area contributed by atoms with Gasteiger partial charge in [0, 0.05) is 26.2 Å². The van der Waals surface area contributed by atoms with Gasteiger partial charge in [-0.25, -0.2) is 4.39 Å². The first-order chi connectivity index (χ1) is 14.1. The van der Waals surface area contributed by atoms with Gasteiger partial charge in [0.05, 0.1) is 6.54 Å². The van der Waals surface area contributed by atoms with Crippen LogP contribution in [0.25, 0.3) is 0 Å². The van der Waals surface area contributed by atoms with E-state index in [0.29, 0.717) is 11.7 Å². The van der Waals surface area contributed by atoms with Crippen molar-refractivity contribution < 1.29 is 14.2 Å². The number of aliphatic hydroxyl groups is 1. The van der Waals surface area contributed by atoms with Crippen molar-refractivity contribution >= 4 is 5.96 Å². The van der Waals surface area contributed by atoms with Crippen LogP contribution >= 0.6 is 0 Å². The van der Waals surface area contributed by atoms with Crippen molar-refractivity contribution in [3.8, 4) is 5.75 Å². The molecule has 29 heavy (non-hydrogen) atoms. The molecule has 1 aromatic rings. The van der Waals surface area contributed by atoms with Crippen LogP contribution in [0.2, 0.25) is 0 Å². The standard InChI is InChI=1S/C22H35FN4O2/c1-2-24-22(25-14-20(28)17-29-21-8-6-19(23)7-9-21)27-13-10-18(16-27)15-26-11-4-3-5-12-26/h6-9,18,20,28H,2-5,10-17H2,1H3,(H,24,25). The fourth-order valence-electron chi connectivity index (χ4n) is 4.07. The maximum absolute atomic E-state index is 12.9. The summed E-state index contributed by atoms with van der Waals surface area (Å²) in [5.41, 5.74) is 0. The van der Waals surface area contributed by atoms with E-state index in [9.17, 15) is 9.50 Å². The van der Waals surface area contributed by atoms with E-state index in [1.807, 2.05) is 0 Å². The molecule has 3 rings (SSSR count). The van der Waals surface area contributed by atoms with Crippen LogP contribution in [0.3, 0.4) is 0 Å². The molecular weight excluding hydrogens is 371 g/mol. The van der Waals surface area contributed by atoms with Crippen molar-refractivity contribution in [2.24, 2.45) is 10.9 Å². The molecule has 2 fully saturated rings. The highest BCUT2D eigenvalue weighted by molar-refractivity contribution is 5.80. The second-order valence-electron chi connectivity index (χ2n) is 8.08. The van der Waals surface area contributed by atoms with Crippen molar-refractivity contribution in [2.45, 2.75) is 38.7 Å². The molecular formula is C22H35FN4O2. The molecule has 6 nitrogen and oxygen atoms in total. The zero-order valence-corrected chi connectivity index (χ0v) is 17.5. The van der Waals surface area contributed by atoms with Gasteiger partial charge in [-0.15, -0.1) is 0 Å². The van der Waals surface area contributed by atoms with Crippen LogP contribution in [0.15, 0.2) is 29.3 Å². The summed E-state index contributed by atoms with van der Waals surface area (Å²) in [5, 5.41) is 13.6.